The highest BCUT2D eigenvalue weighted by atomic mass is 35.5. The normalized spacial score (nSPS) is 18.1. The van der Waals surface area contributed by atoms with Crippen molar-refractivity contribution in [1.29, 1.82) is 0 Å². The summed E-state index contributed by atoms with van der Waals surface area (Å²) in [6.07, 6.45) is 1.09. The van der Waals surface area contributed by atoms with Gasteiger partial charge in [0.2, 0.25) is 0 Å². The lowest BCUT2D eigenvalue weighted by molar-refractivity contribution is 0.192. The van der Waals surface area contributed by atoms with Gasteiger partial charge in [0.25, 0.3) is 0 Å². The van der Waals surface area contributed by atoms with Crippen LogP contribution in [0.25, 0.3) is 11.1 Å². The van der Waals surface area contributed by atoms with Crippen LogP contribution >= 0.6 is 22.9 Å². The first-order chi connectivity index (χ1) is 12.8. The zero-order valence-corrected chi connectivity index (χ0v) is 16.3. The molecule has 0 aliphatic carbocycles. The van der Waals surface area contributed by atoms with Gasteiger partial charge in [0, 0.05) is 37.8 Å². The van der Waals surface area contributed by atoms with E-state index in [4.69, 9.17) is 11.6 Å². The molecule has 4 heteroatoms. The van der Waals surface area contributed by atoms with Gasteiger partial charge < -0.3 is 5.32 Å². The first-order valence-electron chi connectivity index (χ1n) is 9.10. The number of benzene rings is 2. The minimum atomic E-state index is 0.523. The molecule has 1 aliphatic rings. The van der Waals surface area contributed by atoms with Crippen LogP contribution in [-0.4, -0.2) is 30.6 Å². The maximum atomic E-state index is 6.26. The zero-order valence-electron chi connectivity index (χ0n) is 14.7. The summed E-state index contributed by atoms with van der Waals surface area (Å²) < 4.78 is 0.864. The van der Waals surface area contributed by atoms with Crippen molar-refractivity contribution in [3.8, 4) is 11.1 Å². The van der Waals surface area contributed by atoms with E-state index in [0.717, 1.165) is 42.5 Å². The van der Waals surface area contributed by atoms with Crippen molar-refractivity contribution in [2.45, 2.75) is 19.0 Å². The molecule has 26 heavy (non-hydrogen) atoms. The summed E-state index contributed by atoms with van der Waals surface area (Å²) in [5.74, 6) is 0. The van der Waals surface area contributed by atoms with Crippen LogP contribution in [0.1, 0.15) is 11.1 Å². The van der Waals surface area contributed by atoms with Crippen molar-refractivity contribution < 1.29 is 0 Å². The van der Waals surface area contributed by atoms with Gasteiger partial charge in [-0.25, -0.2) is 0 Å². The second-order valence-corrected chi connectivity index (χ2v) is 8.40. The highest BCUT2D eigenvalue weighted by Gasteiger charge is 2.19. The first-order valence-corrected chi connectivity index (χ1v) is 10.4. The number of nitrogens with zero attached hydrogens (tertiary/aromatic N) is 1. The fourth-order valence-electron chi connectivity index (χ4n) is 3.62. The Morgan fingerprint density at radius 2 is 1.81 bits per heavy atom. The van der Waals surface area contributed by atoms with Crippen molar-refractivity contribution in [3.63, 3.8) is 0 Å². The Bertz CT molecular complexity index is 829. The summed E-state index contributed by atoms with van der Waals surface area (Å²) in [6.45, 7) is 4.25. The molecule has 0 unspecified atom stereocenters. The fourth-order valence-corrected chi connectivity index (χ4v) is 4.58. The second kappa shape index (κ2) is 8.36. The van der Waals surface area contributed by atoms with E-state index in [9.17, 15) is 0 Å². The average Bonchev–Trinajstić information content (AvgIpc) is 3.10. The van der Waals surface area contributed by atoms with Gasteiger partial charge in [-0.1, -0.05) is 66.2 Å². The van der Waals surface area contributed by atoms with Crippen molar-refractivity contribution >= 4 is 22.9 Å². The molecular weight excluding hydrogens is 360 g/mol. The Balaban J connectivity index is 1.37. The van der Waals surface area contributed by atoms with Crippen LogP contribution in [0.3, 0.4) is 0 Å². The molecule has 0 saturated carbocycles. The number of nitrogens with one attached hydrogen (secondary N) is 1. The van der Waals surface area contributed by atoms with Crippen LogP contribution in [0.4, 0.5) is 0 Å². The molecule has 0 radical (unpaired) electrons. The smallest absolute Gasteiger partial charge is 0.101 e. The summed E-state index contributed by atoms with van der Waals surface area (Å²) in [5.41, 5.74) is 5.10. The van der Waals surface area contributed by atoms with E-state index in [2.05, 4.69) is 70.9 Å². The first kappa shape index (κ1) is 17.7. The predicted molar refractivity (Wildman–Crippen MR) is 112 cm³/mol. The molecule has 4 rings (SSSR count). The van der Waals surface area contributed by atoms with Crippen LogP contribution in [-0.2, 0) is 13.0 Å². The molecule has 1 fully saturated rings. The van der Waals surface area contributed by atoms with Crippen molar-refractivity contribution in [1.82, 2.24) is 10.2 Å². The molecule has 1 aliphatic heterocycles. The van der Waals surface area contributed by atoms with Crippen LogP contribution in [0.2, 0.25) is 4.34 Å². The van der Waals surface area contributed by atoms with Crippen molar-refractivity contribution in [2.24, 2.45) is 0 Å². The second-order valence-electron chi connectivity index (χ2n) is 6.88. The van der Waals surface area contributed by atoms with E-state index in [0.29, 0.717) is 6.04 Å². The number of hydrogen-bond donors (Lipinski definition) is 1. The summed E-state index contributed by atoms with van der Waals surface area (Å²) >= 11 is 7.84. The van der Waals surface area contributed by atoms with E-state index in [1.54, 1.807) is 11.3 Å². The minimum absolute atomic E-state index is 0.523. The van der Waals surface area contributed by atoms with Gasteiger partial charge in [-0.15, -0.1) is 11.3 Å². The largest absolute Gasteiger partial charge is 0.311 e. The highest BCUT2D eigenvalue weighted by Crippen LogP contribution is 2.32. The van der Waals surface area contributed by atoms with Crippen molar-refractivity contribution in [2.75, 3.05) is 19.6 Å². The molecule has 1 atom stereocenters. The number of rotatable bonds is 5. The summed E-state index contributed by atoms with van der Waals surface area (Å²) in [5, 5.41) is 5.70. The molecule has 2 nitrogen and oxygen atoms in total. The number of hydrogen-bond acceptors (Lipinski definition) is 3. The third kappa shape index (κ3) is 4.36. The maximum absolute atomic E-state index is 6.26. The molecule has 1 saturated heterocycles. The van der Waals surface area contributed by atoms with E-state index in [1.807, 2.05) is 5.38 Å². The Morgan fingerprint density at radius 3 is 2.54 bits per heavy atom. The molecule has 0 bridgehead atoms. The van der Waals surface area contributed by atoms with E-state index < -0.39 is 0 Å². The van der Waals surface area contributed by atoms with Crippen LogP contribution in [0.5, 0.6) is 0 Å². The lowest BCUT2D eigenvalue weighted by atomic mass is 10.0. The monoisotopic (exact) mass is 382 g/mol. The van der Waals surface area contributed by atoms with Gasteiger partial charge in [-0.2, -0.15) is 0 Å². The Labute approximate surface area is 164 Å². The molecule has 2 aromatic carbocycles. The Kier molecular flexibility index (Phi) is 5.71. The summed E-state index contributed by atoms with van der Waals surface area (Å²) in [6, 6.07) is 22.2. The van der Waals surface area contributed by atoms with E-state index >= 15 is 0 Å². The van der Waals surface area contributed by atoms with Crippen LogP contribution in [0, 0.1) is 0 Å². The van der Waals surface area contributed by atoms with Crippen LogP contribution < -0.4 is 5.32 Å². The van der Waals surface area contributed by atoms with Crippen LogP contribution in [0.15, 0.2) is 66.0 Å². The molecular formula is C22H23ClN2S. The third-order valence-electron chi connectivity index (χ3n) is 4.95. The summed E-state index contributed by atoms with van der Waals surface area (Å²) in [7, 11) is 0. The van der Waals surface area contributed by atoms with Crippen molar-refractivity contribution in [3.05, 3.63) is 81.5 Å². The van der Waals surface area contributed by atoms with Gasteiger partial charge >= 0.3 is 0 Å². The topological polar surface area (TPSA) is 15.3 Å². The predicted octanol–water partition coefficient (Wildman–Crippen LogP) is 5.09. The number of halogens is 1. The van der Waals surface area contributed by atoms with Gasteiger partial charge in [0.05, 0.1) is 0 Å². The number of thiophene rings is 1. The standard InChI is InChI=1S/C22H23ClN2S/c23-22-21(10-13-26-22)19-8-6-18(7-9-19)15-25-12-11-24-20(16-25)14-17-4-2-1-3-5-17/h1-10,13,20,24H,11-12,14-16H2/t20-/m0/s1. The maximum Gasteiger partial charge on any atom is 0.101 e. The SMILES string of the molecule is Clc1sccc1-c1ccc(CN2CCN[C@@H](Cc3ccccc3)C2)cc1. The highest BCUT2D eigenvalue weighted by molar-refractivity contribution is 7.15. The quantitative estimate of drug-likeness (QED) is 0.661. The lowest BCUT2D eigenvalue weighted by Crippen LogP contribution is -2.51. The van der Waals surface area contributed by atoms with Gasteiger partial charge in [-0.05, 0) is 34.6 Å². The Hall–Kier alpha value is -1.65. The number of piperazine rings is 1. The third-order valence-corrected chi connectivity index (χ3v) is 6.12. The molecule has 134 valence electrons. The fraction of sp³-hybridized carbons (Fsp3) is 0.273. The zero-order chi connectivity index (χ0) is 17.8. The lowest BCUT2D eigenvalue weighted by Gasteiger charge is -2.34. The van der Waals surface area contributed by atoms with Gasteiger partial charge in [0.1, 0.15) is 4.34 Å². The van der Waals surface area contributed by atoms with Gasteiger partial charge in [-0.3, -0.25) is 4.90 Å². The van der Waals surface area contributed by atoms with E-state index in [1.165, 1.54) is 16.7 Å². The Morgan fingerprint density at radius 1 is 1.00 bits per heavy atom. The summed E-state index contributed by atoms with van der Waals surface area (Å²) in [4.78, 5) is 2.55. The molecule has 0 spiro atoms. The van der Waals surface area contributed by atoms with Gasteiger partial charge in [0.15, 0.2) is 0 Å². The average molecular weight is 383 g/mol. The molecule has 0 amide bonds. The molecule has 1 aromatic heterocycles. The van der Waals surface area contributed by atoms with E-state index in [-0.39, 0.29) is 0 Å². The molecule has 1 N–H and O–H groups in total. The minimum Gasteiger partial charge on any atom is -0.311 e. The molecule has 3 aromatic rings. The molecule has 2 heterocycles.